The minimum absolute atomic E-state index is 0.329. The number of nitrogens with zero attached hydrogens (tertiary/aromatic N) is 2. The van der Waals surface area contributed by atoms with Crippen LogP contribution in [0.1, 0.15) is 24.0 Å². The summed E-state index contributed by atoms with van der Waals surface area (Å²) in [5.41, 5.74) is 2.26. The average molecular weight is 386 g/mol. The van der Waals surface area contributed by atoms with Crippen LogP contribution in [0.5, 0.6) is 5.75 Å². The first-order chi connectivity index (χ1) is 12.4. The Labute approximate surface area is 157 Å². The summed E-state index contributed by atoms with van der Waals surface area (Å²) in [5, 5.41) is 0. The fourth-order valence-corrected chi connectivity index (χ4v) is 3.98. The third-order valence-corrected chi connectivity index (χ3v) is 6.18. The van der Waals surface area contributed by atoms with E-state index in [1.165, 1.54) is 24.0 Å². The van der Waals surface area contributed by atoms with Gasteiger partial charge in [-0.05, 0) is 43.0 Å². The fraction of sp³-hybridized carbons (Fsp3) is 0.667. The minimum atomic E-state index is -3.36. The van der Waals surface area contributed by atoms with Crippen LogP contribution in [0.15, 0.2) is 18.2 Å². The molecule has 0 spiro atoms. The molecule has 0 saturated carbocycles. The van der Waals surface area contributed by atoms with Crippen molar-refractivity contribution < 1.29 is 17.9 Å². The molecule has 0 radical (unpaired) electrons. The van der Waals surface area contributed by atoms with E-state index in [9.17, 15) is 8.42 Å². The number of hydrogen-bond donors (Lipinski definition) is 1. The molecule has 1 aliphatic heterocycles. The van der Waals surface area contributed by atoms with Gasteiger partial charge in [0.25, 0.3) is 10.2 Å². The number of rotatable bonds is 9. The summed E-state index contributed by atoms with van der Waals surface area (Å²) in [4.78, 5) is 2.39. The van der Waals surface area contributed by atoms with Gasteiger partial charge in [0.15, 0.2) is 0 Å². The topological polar surface area (TPSA) is 71.1 Å². The number of likely N-dealkylation sites (tertiary alicyclic amines) is 1. The first-order valence-electron chi connectivity index (χ1n) is 8.90. The van der Waals surface area contributed by atoms with Crippen molar-refractivity contribution in [1.82, 2.24) is 13.9 Å². The van der Waals surface area contributed by atoms with Gasteiger partial charge >= 0.3 is 0 Å². The van der Waals surface area contributed by atoms with Crippen LogP contribution in [0.4, 0.5) is 0 Å². The Kier molecular flexibility index (Phi) is 7.85. The molecular formula is C18H31N3O4S. The quantitative estimate of drug-likeness (QED) is 0.697. The second-order valence-electron chi connectivity index (χ2n) is 6.96. The highest BCUT2D eigenvalue weighted by Crippen LogP contribution is 2.23. The number of benzene rings is 1. The molecule has 8 heteroatoms. The first kappa shape index (κ1) is 21.1. The van der Waals surface area contributed by atoms with Gasteiger partial charge in [-0.1, -0.05) is 6.07 Å². The van der Waals surface area contributed by atoms with Crippen LogP contribution in [0, 0.1) is 5.92 Å². The normalized spacial score (nSPS) is 19.0. The Morgan fingerprint density at radius 2 is 2.08 bits per heavy atom. The molecule has 148 valence electrons. The number of hydrogen-bond acceptors (Lipinski definition) is 5. The van der Waals surface area contributed by atoms with E-state index in [0.29, 0.717) is 19.1 Å². The molecule has 1 saturated heterocycles. The van der Waals surface area contributed by atoms with Crippen LogP contribution in [0.25, 0.3) is 0 Å². The molecule has 1 aromatic rings. The van der Waals surface area contributed by atoms with Crippen molar-refractivity contribution in [3.05, 3.63) is 29.3 Å². The zero-order valence-electron chi connectivity index (χ0n) is 16.2. The summed E-state index contributed by atoms with van der Waals surface area (Å²) in [6, 6.07) is 6.19. The zero-order valence-corrected chi connectivity index (χ0v) is 17.0. The standard InChI is InChI=1S/C18H31N3O4S/c1-20(2)26(22,23)19-11-16-6-5-9-21(13-16)12-15-7-8-18(25-4)17(10-15)14-24-3/h7-8,10,16,19H,5-6,9,11-14H2,1-4H3. The Morgan fingerprint density at radius 3 is 2.73 bits per heavy atom. The molecule has 0 aliphatic carbocycles. The Bertz CT molecular complexity index is 679. The summed E-state index contributed by atoms with van der Waals surface area (Å²) >= 11 is 0. The van der Waals surface area contributed by atoms with E-state index in [2.05, 4.69) is 21.8 Å². The molecule has 7 nitrogen and oxygen atoms in total. The first-order valence-corrected chi connectivity index (χ1v) is 10.3. The molecule has 0 amide bonds. The van der Waals surface area contributed by atoms with Gasteiger partial charge in [0.1, 0.15) is 5.75 Å². The summed E-state index contributed by atoms with van der Waals surface area (Å²) in [7, 11) is 3.06. The molecule has 1 aromatic carbocycles. The van der Waals surface area contributed by atoms with Gasteiger partial charge < -0.3 is 9.47 Å². The van der Waals surface area contributed by atoms with Crippen LogP contribution < -0.4 is 9.46 Å². The third kappa shape index (κ3) is 5.92. The molecule has 1 fully saturated rings. The predicted octanol–water partition coefficient (Wildman–Crippen LogP) is 1.45. The van der Waals surface area contributed by atoms with Gasteiger partial charge in [-0.3, -0.25) is 4.90 Å². The highest BCUT2D eigenvalue weighted by atomic mass is 32.2. The third-order valence-electron chi connectivity index (χ3n) is 4.69. The summed E-state index contributed by atoms with van der Waals surface area (Å²) in [6.07, 6.45) is 2.12. The largest absolute Gasteiger partial charge is 0.496 e. The number of methoxy groups -OCH3 is 2. The van der Waals surface area contributed by atoms with Crippen molar-refractivity contribution in [2.24, 2.45) is 5.92 Å². The van der Waals surface area contributed by atoms with E-state index in [-0.39, 0.29) is 0 Å². The van der Waals surface area contributed by atoms with Crippen molar-refractivity contribution in [1.29, 1.82) is 0 Å². The van der Waals surface area contributed by atoms with Crippen molar-refractivity contribution >= 4 is 10.2 Å². The summed E-state index contributed by atoms with van der Waals surface area (Å²) < 4.78 is 38.3. The van der Waals surface area contributed by atoms with Gasteiger partial charge in [-0.2, -0.15) is 12.7 Å². The smallest absolute Gasteiger partial charge is 0.278 e. The Morgan fingerprint density at radius 1 is 1.31 bits per heavy atom. The van der Waals surface area contributed by atoms with Gasteiger partial charge in [0.05, 0.1) is 13.7 Å². The predicted molar refractivity (Wildman–Crippen MR) is 102 cm³/mol. The molecule has 0 bridgehead atoms. The average Bonchev–Trinajstić information content (AvgIpc) is 2.61. The maximum atomic E-state index is 11.9. The van der Waals surface area contributed by atoms with E-state index in [0.717, 1.165) is 43.8 Å². The van der Waals surface area contributed by atoms with Crippen molar-refractivity contribution in [2.75, 3.05) is 47.9 Å². The molecule has 1 aliphatic rings. The number of piperidine rings is 1. The molecule has 1 N–H and O–H groups in total. The molecular weight excluding hydrogens is 354 g/mol. The highest BCUT2D eigenvalue weighted by Gasteiger charge is 2.22. The molecule has 0 aromatic heterocycles. The minimum Gasteiger partial charge on any atom is -0.496 e. The van der Waals surface area contributed by atoms with Crippen molar-refractivity contribution in [2.45, 2.75) is 26.0 Å². The Hall–Kier alpha value is -1.19. The lowest BCUT2D eigenvalue weighted by Crippen LogP contribution is -2.43. The Balaban J connectivity index is 1.94. The number of ether oxygens (including phenoxy) is 2. The number of nitrogens with one attached hydrogen (secondary N) is 1. The van der Waals surface area contributed by atoms with E-state index < -0.39 is 10.2 Å². The maximum Gasteiger partial charge on any atom is 0.278 e. The molecule has 1 heterocycles. The lowest BCUT2D eigenvalue weighted by molar-refractivity contribution is 0.167. The van der Waals surface area contributed by atoms with E-state index in [4.69, 9.17) is 9.47 Å². The molecule has 2 rings (SSSR count). The van der Waals surface area contributed by atoms with Gasteiger partial charge in [-0.15, -0.1) is 0 Å². The summed E-state index contributed by atoms with van der Waals surface area (Å²) in [6.45, 7) is 3.77. The molecule has 1 unspecified atom stereocenters. The fourth-order valence-electron chi connectivity index (χ4n) is 3.27. The van der Waals surface area contributed by atoms with E-state index in [1.54, 1.807) is 14.2 Å². The van der Waals surface area contributed by atoms with Crippen LogP contribution in [-0.2, 0) is 28.1 Å². The lowest BCUT2D eigenvalue weighted by Gasteiger charge is -2.33. The van der Waals surface area contributed by atoms with Gasteiger partial charge in [0, 0.05) is 46.4 Å². The van der Waals surface area contributed by atoms with Crippen molar-refractivity contribution in [3.8, 4) is 5.75 Å². The van der Waals surface area contributed by atoms with Gasteiger partial charge in [0.2, 0.25) is 0 Å². The highest BCUT2D eigenvalue weighted by molar-refractivity contribution is 7.87. The van der Waals surface area contributed by atoms with Crippen LogP contribution in [0.2, 0.25) is 0 Å². The lowest BCUT2D eigenvalue weighted by atomic mass is 9.97. The van der Waals surface area contributed by atoms with Gasteiger partial charge in [-0.25, -0.2) is 4.72 Å². The van der Waals surface area contributed by atoms with Crippen molar-refractivity contribution in [3.63, 3.8) is 0 Å². The maximum absolute atomic E-state index is 11.9. The van der Waals surface area contributed by atoms with Crippen LogP contribution in [-0.4, -0.2) is 65.6 Å². The second kappa shape index (κ2) is 9.66. The van der Waals surface area contributed by atoms with E-state index >= 15 is 0 Å². The molecule has 1 atom stereocenters. The van der Waals surface area contributed by atoms with Crippen LogP contribution in [0.3, 0.4) is 0 Å². The SMILES string of the molecule is COCc1cc(CN2CCCC(CNS(=O)(=O)N(C)C)C2)ccc1OC. The van der Waals surface area contributed by atoms with Crippen LogP contribution >= 0.6 is 0 Å². The zero-order chi connectivity index (χ0) is 19.2. The monoisotopic (exact) mass is 385 g/mol. The van der Waals surface area contributed by atoms with E-state index in [1.807, 2.05) is 6.07 Å². The second-order valence-corrected chi connectivity index (χ2v) is 8.93. The summed E-state index contributed by atoms with van der Waals surface area (Å²) in [5.74, 6) is 1.17. The molecule has 26 heavy (non-hydrogen) atoms.